The van der Waals surface area contributed by atoms with Gasteiger partial charge in [-0.15, -0.1) is 34.0 Å². The van der Waals surface area contributed by atoms with Gasteiger partial charge in [0.15, 0.2) is 0 Å². The largest absolute Gasteiger partial charge is 0.390 e. The molecule has 28 nitrogen and oxygen atoms in total. The van der Waals surface area contributed by atoms with E-state index in [9.17, 15) is 47.1 Å². The molecule has 4 rings (SSSR count). The predicted molar refractivity (Wildman–Crippen MR) is 323 cm³/mol. The summed E-state index contributed by atoms with van der Waals surface area (Å²) in [7, 11) is -2.74. The lowest BCUT2D eigenvalue weighted by atomic mass is 9.97. The second-order valence-corrected chi connectivity index (χ2v) is 25.3. The summed E-state index contributed by atoms with van der Waals surface area (Å²) in [6.45, 7) is 9.04. The van der Waals surface area contributed by atoms with Crippen LogP contribution in [0.5, 0.6) is 0 Å². The van der Waals surface area contributed by atoms with Crippen molar-refractivity contribution < 1.29 is 47.1 Å². The summed E-state index contributed by atoms with van der Waals surface area (Å²) in [5.74, 6) is -6.37. The third-order valence-electron chi connectivity index (χ3n) is 12.7. The van der Waals surface area contributed by atoms with Gasteiger partial charge in [0, 0.05) is 99.8 Å². The van der Waals surface area contributed by atoms with E-state index in [2.05, 4.69) is 57.5 Å². The van der Waals surface area contributed by atoms with Crippen molar-refractivity contribution >= 4 is 103 Å². The summed E-state index contributed by atoms with van der Waals surface area (Å²) >= 11 is 4.07. The van der Waals surface area contributed by atoms with Crippen molar-refractivity contribution in [1.29, 1.82) is 0 Å². The number of hydrogen-bond donors (Lipinski definition) is 14. The molecule has 0 aliphatic heterocycles. The van der Waals surface area contributed by atoms with Crippen LogP contribution >= 0.6 is 34.0 Å². The number of aliphatic hydroxyl groups excluding tert-OH is 1. The minimum absolute atomic E-state index is 0.00710. The number of aromatic nitrogens is 5. The first-order valence-electron chi connectivity index (χ1n) is 26.9. The second-order valence-electron chi connectivity index (χ2n) is 19.6. The SMILES string of the molecule is Cc1c(N)nc([C@H](CC(N)=O)NC[C@H](N)C(N)=O)nc1C(=O)N[C@@H](CCS(C)=O)C(=O)N[C@H](C)[C@@H](O)[C@H](C)C(=O)N[C@@H](CCS(C)=O)C(=O)NCCc1nc(-c2nc(-c3nc(C(=O)NCCCNCCCCNCCCN)cs3)cs2)cs1. The molecule has 0 bridgehead atoms. The van der Waals surface area contributed by atoms with E-state index in [0.29, 0.717) is 51.6 Å². The first-order chi connectivity index (χ1) is 39.5. The summed E-state index contributed by atoms with van der Waals surface area (Å²) in [4.78, 5) is 114. The summed E-state index contributed by atoms with van der Waals surface area (Å²) in [5, 5.41) is 41.9. The number of amides is 7. The molecule has 0 saturated carbocycles. The number of carbonyl (C=O) groups is 7. The average Bonchev–Trinajstić information content (AvgIpc) is 4.41. The summed E-state index contributed by atoms with van der Waals surface area (Å²) in [6, 6.07) is -5.84. The van der Waals surface area contributed by atoms with E-state index in [4.69, 9.17) is 38.6 Å². The minimum atomic E-state index is -1.54. The molecule has 4 aromatic rings. The van der Waals surface area contributed by atoms with Crippen LogP contribution in [0.15, 0.2) is 16.1 Å². The molecule has 0 radical (unpaired) electrons. The third kappa shape index (κ3) is 24.0. The summed E-state index contributed by atoms with van der Waals surface area (Å²) in [6.07, 6.45) is 5.07. The minimum Gasteiger partial charge on any atom is -0.390 e. The van der Waals surface area contributed by atoms with Crippen molar-refractivity contribution in [1.82, 2.24) is 67.5 Å². The highest BCUT2D eigenvalue weighted by Gasteiger charge is 2.34. The second kappa shape index (κ2) is 36.1. The Morgan fingerprint density at radius 1 is 0.687 bits per heavy atom. The van der Waals surface area contributed by atoms with E-state index < -0.39 is 106 Å². The zero-order chi connectivity index (χ0) is 61.2. The molecule has 0 saturated heterocycles. The van der Waals surface area contributed by atoms with E-state index in [1.54, 1.807) is 5.38 Å². The number of primary amides is 2. The number of aliphatic hydroxyl groups is 1. The van der Waals surface area contributed by atoms with Gasteiger partial charge in [-0.3, -0.25) is 42.0 Å². The number of nitrogens with zero attached hydrogens (tertiary/aromatic N) is 5. The van der Waals surface area contributed by atoms with Gasteiger partial charge in [-0.05, 0) is 85.1 Å². The van der Waals surface area contributed by atoms with Crippen LogP contribution in [0.2, 0.25) is 0 Å². The molecule has 83 heavy (non-hydrogen) atoms. The summed E-state index contributed by atoms with van der Waals surface area (Å²) in [5.41, 5.74) is 29.5. The van der Waals surface area contributed by atoms with E-state index >= 15 is 0 Å². The molecule has 0 aliphatic rings. The quantitative estimate of drug-likeness (QED) is 0.0210. The van der Waals surface area contributed by atoms with Crippen LogP contribution < -0.4 is 71.2 Å². The molecule has 0 spiro atoms. The molecule has 4 heterocycles. The van der Waals surface area contributed by atoms with Gasteiger partial charge in [0.25, 0.3) is 11.8 Å². The number of nitrogens with two attached hydrogens (primary N) is 5. The number of nitrogen functional groups attached to an aromatic ring is 1. The Balaban J connectivity index is 1.30. The maximum absolute atomic E-state index is 13.8. The van der Waals surface area contributed by atoms with Crippen molar-refractivity contribution in [3.05, 3.63) is 43.9 Å². The molecule has 7 amide bonds. The van der Waals surface area contributed by atoms with E-state index in [-0.39, 0.29) is 66.2 Å². The van der Waals surface area contributed by atoms with E-state index in [1.165, 1.54) is 67.3 Å². The van der Waals surface area contributed by atoms with Crippen LogP contribution in [-0.2, 0) is 52.0 Å². The van der Waals surface area contributed by atoms with Crippen LogP contribution in [0, 0.1) is 12.8 Å². The predicted octanol–water partition coefficient (Wildman–Crippen LogP) is -2.20. The fraction of sp³-hybridized carbons (Fsp3) is 0.600. The number of hydrogen-bond acceptors (Lipinski definition) is 24. The highest BCUT2D eigenvalue weighted by molar-refractivity contribution is 7.84. The maximum atomic E-state index is 13.8. The lowest BCUT2D eigenvalue weighted by Gasteiger charge is -2.28. The molecule has 2 unspecified atom stereocenters. The van der Waals surface area contributed by atoms with Gasteiger partial charge in [-0.25, -0.2) is 24.9 Å². The van der Waals surface area contributed by atoms with Crippen LogP contribution in [0.1, 0.15) is 102 Å². The Labute approximate surface area is 499 Å². The number of nitrogens with one attached hydrogen (secondary N) is 8. The zero-order valence-corrected chi connectivity index (χ0v) is 51.4. The van der Waals surface area contributed by atoms with Gasteiger partial charge in [-0.2, -0.15) is 0 Å². The highest BCUT2D eigenvalue weighted by Crippen LogP contribution is 2.31. The normalized spacial score (nSPS) is 14.7. The zero-order valence-electron chi connectivity index (χ0n) is 47.3. The highest BCUT2D eigenvalue weighted by atomic mass is 32.2. The molecule has 19 N–H and O–H groups in total. The molecular formula is C50H80N18O10S5. The molecule has 460 valence electrons. The van der Waals surface area contributed by atoms with Crippen molar-refractivity contribution in [2.45, 2.75) is 108 Å². The van der Waals surface area contributed by atoms with E-state index in [0.717, 1.165) is 51.9 Å². The lowest BCUT2D eigenvalue weighted by molar-refractivity contribution is -0.134. The Bertz CT molecular complexity index is 2840. The van der Waals surface area contributed by atoms with Crippen LogP contribution in [0.25, 0.3) is 21.4 Å². The van der Waals surface area contributed by atoms with Crippen molar-refractivity contribution in [2.24, 2.45) is 28.9 Å². The van der Waals surface area contributed by atoms with Crippen LogP contribution in [0.4, 0.5) is 5.82 Å². The van der Waals surface area contributed by atoms with Crippen LogP contribution in [-0.4, -0.2) is 186 Å². The molecule has 0 aliphatic carbocycles. The standard InChI is InChI=1S/C50H80N18O10S5/c1-27-39(67-43(68-41(27)54)33(22-37(53)69)60-23-30(52)42(55)71)48(76)64-32(12-21-83(5)78)47(75)61-29(3)40(70)28(2)44(72)63-31(11-20-82(4)77)45(73)59-19-10-38-62-35(25-79-38)49-66-36(26-81-49)50-65-34(24-80-50)46(74)58-18-9-17-57-15-7-6-14-56-16-8-13-51/h24-26,28-33,40,56-57,60,70H,6-23,51-52H2,1-5H3,(H2,53,69)(H2,55,71)(H,58,74)(H,59,73)(H,61,75)(H,63,72)(H,64,76)(H2,54,67,68)/t28-,29+,30-,31-,32-,33-,40-,82?,83?/m0/s1. The number of anilines is 1. The van der Waals surface area contributed by atoms with Gasteiger partial charge < -0.3 is 76.3 Å². The first kappa shape index (κ1) is 69.6. The summed E-state index contributed by atoms with van der Waals surface area (Å²) < 4.78 is 24.3. The Kier molecular flexibility index (Phi) is 30.3. The molecule has 33 heteroatoms. The fourth-order valence-electron chi connectivity index (χ4n) is 7.80. The smallest absolute Gasteiger partial charge is 0.271 e. The monoisotopic (exact) mass is 1250 g/mol. The fourth-order valence-corrected chi connectivity index (χ4v) is 11.4. The Hall–Kier alpha value is -5.88. The lowest BCUT2D eigenvalue weighted by Crippen LogP contribution is -2.55. The van der Waals surface area contributed by atoms with E-state index in [1.807, 2.05) is 10.8 Å². The Morgan fingerprint density at radius 2 is 1.29 bits per heavy atom. The molecular weight excluding hydrogens is 1170 g/mol. The maximum Gasteiger partial charge on any atom is 0.271 e. The third-order valence-corrected chi connectivity index (χ3v) is 17.0. The van der Waals surface area contributed by atoms with Gasteiger partial charge in [0.2, 0.25) is 29.5 Å². The molecule has 9 atom stereocenters. The van der Waals surface area contributed by atoms with Gasteiger partial charge in [0.05, 0.1) is 35.2 Å². The number of rotatable bonds is 40. The first-order valence-corrected chi connectivity index (χ1v) is 33.0. The van der Waals surface area contributed by atoms with Crippen molar-refractivity contribution in [2.75, 3.05) is 82.1 Å². The topological polar surface area (TPSA) is 465 Å². The van der Waals surface area contributed by atoms with Gasteiger partial charge >= 0.3 is 0 Å². The van der Waals surface area contributed by atoms with Crippen molar-refractivity contribution in [3.8, 4) is 21.4 Å². The van der Waals surface area contributed by atoms with Crippen molar-refractivity contribution in [3.63, 3.8) is 0 Å². The van der Waals surface area contributed by atoms with Gasteiger partial charge in [-0.1, -0.05) is 6.92 Å². The number of thiazole rings is 3. The number of unbranched alkanes of at least 4 members (excludes halogenated alkanes) is 1. The Morgan fingerprint density at radius 3 is 1.93 bits per heavy atom. The molecule has 0 fully saturated rings. The van der Waals surface area contributed by atoms with Gasteiger partial charge in [0.1, 0.15) is 56.5 Å². The number of carbonyl (C=O) groups excluding carboxylic acids is 7. The average molecular weight is 1250 g/mol. The molecule has 0 aromatic carbocycles. The van der Waals surface area contributed by atoms with Crippen LogP contribution in [0.3, 0.4) is 0 Å². The molecule has 4 aromatic heterocycles.